The van der Waals surface area contributed by atoms with Gasteiger partial charge in [-0.1, -0.05) is 25.6 Å². The predicted octanol–water partition coefficient (Wildman–Crippen LogP) is 4.10. The Hall–Kier alpha value is -1.01. The van der Waals surface area contributed by atoms with Crippen LogP contribution in [0.15, 0.2) is 27.7 Å². The molecular formula is C21H36IN7S2. The molecule has 2 aromatic heterocycles. The van der Waals surface area contributed by atoms with E-state index in [2.05, 4.69) is 72.9 Å². The Morgan fingerprint density at radius 3 is 2.71 bits per heavy atom. The molecule has 174 valence electrons. The fraction of sp³-hybridized carbons (Fsp3) is 0.667. The average molecular weight is 578 g/mol. The summed E-state index contributed by atoms with van der Waals surface area (Å²) in [5, 5.41) is 20.4. The first-order valence-corrected chi connectivity index (χ1v) is 12.9. The third-order valence-corrected chi connectivity index (χ3v) is 6.87. The van der Waals surface area contributed by atoms with Crippen molar-refractivity contribution in [2.24, 2.45) is 10.9 Å². The van der Waals surface area contributed by atoms with Crippen molar-refractivity contribution in [1.82, 2.24) is 25.4 Å². The van der Waals surface area contributed by atoms with E-state index < -0.39 is 0 Å². The van der Waals surface area contributed by atoms with Crippen LogP contribution in [0.1, 0.15) is 38.9 Å². The summed E-state index contributed by atoms with van der Waals surface area (Å²) in [6, 6.07) is 4.82. The summed E-state index contributed by atoms with van der Waals surface area (Å²) in [5.41, 5.74) is 0. The SMILES string of the molecule is CN=C(NCCCc1nnc(SC)n1CC(C)C)NC1CCN(c2cccs2)CC1.I. The lowest BCUT2D eigenvalue weighted by Gasteiger charge is -2.33. The zero-order valence-corrected chi connectivity index (χ0v) is 23.0. The zero-order valence-electron chi connectivity index (χ0n) is 19.0. The minimum Gasteiger partial charge on any atom is -0.363 e. The summed E-state index contributed by atoms with van der Waals surface area (Å²) in [4.78, 5) is 6.90. The first kappa shape index (κ1) is 26.2. The number of thioether (sulfide) groups is 1. The van der Waals surface area contributed by atoms with Crippen LogP contribution in [0.3, 0.4) is 0 Å². The number of rotatable bonds is 9. The minimum atomic E-state index is 0. The van der Waals surface area contributed by atoms with Crippen LogP contribution < -0.4 is 15.5 Å². The van der Waals surface area contributed by atoms with E-state index in [4.69, 9.17) is 0 Å². The number of hydrogen-bond donors (Lipinski definition) is 2. The molecule has 3 heterocycles. The van der Waals surface area contributed by atoms with E-state index in [0.717, 1.165) is 68.8 Å². The van der Waals surface area contributed by atoms with E-state index in [-0.39, 0.29) is 24.0 Å². The second-order valence-corrected chi connectivity index (χ2v) is 9.77. The number of nitrogens with one attached hydrogen (secondary N) is 2. The van der Waals surface area contributed by atoms with Crippen molar-refractivity contribution in [2.75, 3.05) is 37.8 Å². The molecule has 1 aliphatic rings. The van der Waals surface area contributed by atoms with Crippen molar-refractivity contribution in [3.8, 4) is 0 Å². The molecule has 0 radical (unpaired) electrons. The normalized spacial score (nSPS) is 15.3. The summed E-state index contributed by atoms with van der Waals surface area (Å²) in [7, 11) is 1.85. The quantitative estimate of drug-likeness (QED) is 0.154. The van der Waals surface area contributed by atoms with Crippen molar-refractivity contribution in [2.45, 2.75) is 57.3 Å². The number of guanidine groups is 1. The van der Waals surface area contributed by atoms with Gasteiger partial charge in [-0.05, 0) is 48.9 Å². The second-order valence-electron chi connectivity index (χ2n) is 8.07. The number of anilines is 1. The van der Waals surface area contributed by atoms with Crippen molar-refractivity contribution in [3.05, 3.63) is 23.3 Å². The summed E-state index contributed by atoms with van der Waals surface area (Å²) in [5.74, 6) is 2.56. The van der Waals surface area contributed by atoms with Gasteiger partial charge in [0, 0.05) is 45.7 Å². The van der Waals surface area contributed by atoms with Crippen LogP contribution in [-0.2, 0) is 13.0 Å². The molecule has 0 spiro atoms. The Kier molecular flexibility index (Phi) is 11.4. The highest BCUT2D eigenvalue weighted by Gasteiger charge is 2.20. The average Bonchev–Trinajstić information content (AvgIpc) is 3.41. The number of thiophene rings is 1. The van der Waals surface area contributed by atoms with Crippen LogP contribution >= 0.6 is 47.1 Å². The van der Waals surface area contributed by atoms with Gasteiger partial charge >= 0.3 is 0 Å². The van der Waals surface area contributed by atoms with Gasteiger partial charge in [0.25, 0.3) is 0 Å². The molecule has 10 heteroatoms. The highest BCUT2D eigenvalue weighted by atomic mass is 127. The summed E-state index contributed by atoms with van der Waals surface area (Å²) < 4.78 is 2.27. The third kappa shape index (κ3) is 7.81. The van der Waals surface area contributed by atoms with Gasteiger partial charge in [-0.2, -0.15) is 0 Å². The van der Waals surface area contributed by atoms with Gasteiger partial charge in [-0.15, -0.1) is 45.5 Å². The van der Waals surface area contributed by atoms with Crippen molar-refractivity contribution in [3.63, 3.8) is 0 Å². The highest BCUT2D eigenvalue weighted by Crippen LogP contribution is 2.24. The lowest BCUT2D eigenvalue weighted by atomic mass is 10.1. The summed E-state index contributed by atoms with van der Waals surface area (Å²) in [6.07, 6.45) is 6.25. The number of nitrogens with zero attached hydrogens (tertiary/aromatic N) is 5. The van der Waals surface area contributed by atoms with Gasteiger partial charge in [0.15, 0.2) is 11.1 Å². The summed E-state index contributed by atoms with van der Waals surface area (Å²) in [6.45, 7) is 8.50. The van der Waals surface area contributed by atoms with E-state index in [0.29, 0.717) is 12.0 Å². The van der Waals surface area contributed by atoms with Crippen LogP contribution in [-0.4, -0.2) is 59.7 Å². The Labute approximate surface area is 211 Å². The van der Waals surface area contributed by atoms with Gasteiger partial charge in [-0.3, -0.25) is 4.99 Å². The molecule has 0 amide bonds. The minimum absolute atomic E-state index is 0. The highest BCUT2D eigenvalue weighted by molar-refractivity contribution is 14.0. The lowest BCUT2D eigenvalue weighted by Crippen LogP contribution is -2.48. The maximum absolute atomic E-state index is 4.42. The van der Waals surface area contributed by atoms with Crippen molar-refractivity contribution in [1.29, 1.82) is 0 Å². The molecule has 0 unspecified atom stereocenters. The Bertz CT molecular complexity index is 784. The Morgan fingerprint density at radius 1 is 1.32 bits per heavy atom. The van der Waals surface area contributed by atoms with E-state index in [1.165, 1.54) is 5.00 Å². The van der Waals surface area contributed by atoms with E-state index in [1.54, 1.807) is 11.8 Å². The van der Waals surface area contributed by atoms with E-state index >= 15 is 0 Å². The number of aryl methyl sites for hydroxylation is 1. The Balaban J connectivity index is 0.00000341. The standard InChI is InChI=1S/C21H35N7S2.HI/c1-16(2)15-28-18(25-26-21(28)29-4)7-5-11-23-20(22-3)24-17-9-12-27(13-10-17)19-8-6-14-30-19;/h6,8,14,16-17H,5,7,9-13,15H2,1-4H3,(H2,22,23,24);1H. The molecule has 0 bridgehead atoms. The maximum atomic E-state index is 4.42. The number of aromatic nitrogens is 3. The van der Waals surface area contributed by atoms with Gasteiger partial charge in [-0.25, -0.2) is 0 Å². The predicted molar refractivity (Wildman–Crippen MR) is 144 cm³/mol. The molecule has 0 aliphatic carbocycles. The topological polar surface area (TPSA) is 70.4 Å². The molecule has 3 rings (SSSR count). The largest absolute Gasteiger partial charge is 0.363 e. The van der Waals surface area contributed by atoms with Gasteiger partial charge in [0.1, 0.15) is 5.82 Å². The molecule has 7 nitrogen and oxygen atoms in total. The molecule has 2 N–H and O–H groups in total. The van der Waals surface area contributed by atoms with Gasteiger partial charge < -0.3 is 20.1 Å². The number of hydrogen-bond acceptors (Lipinski definition) is 6. The first-order chi connectivity index (χ1) is 14.6. The maximum Gasteiger partial charge on any atom is 0.191 e. The number of aliphatic imine (C=N–C) groups is 1. The molecule has 0 atom stereocenters. The van der Waals surface area contributed by atoms with E-state index in [1.807, 2.05) is 18.4 Å². The number of halogens is 1. The fourth-order valence-corrected chi connectivity index (χ4v) is 5.05. The fourth-order valence-electron chi connectivity index (χ4n) is 3.74. The van der Waals surface area contributed by atoms with Crippen LogP contribution in [0.5, 0.6) is 0 Å². The molecule has 1 saturated heterocycles. The molecule has 1 aliphatic heterocycles. The van der Waals surface area contributed by atoms with Crippen LogP contribution in [0, 0.1) is 5.92 Å². The Morgan fingerprint density at radius 2 is 2.10 bits per heavy atom. The van der Waals surface area contributed by atoms with E-state index in [9.17, 15) is 0 Å². The molecule has 2 aromatic rings. The molecule has 0 aromatic carbocycles. The third-order valence-electron chi connectivity index (χ3n) is 5.27. The lowest BCUT2D eigenvalue weighted by molar-refractivity contribution is 0.462. The van der Waals surface area contributed by atoms with Crippen molar-refractivity contribution < 1.29 is 0 Å². The molecule has 31 heavy (non-hydrogen) atoms. The summed E-state index contributed by atoms with van der Waals surface area (Å²) >= 11 is 3.49. The van der Waals surface area contributed by atoms with Gasteiger partial charge in [0.2, 0.25) is 0 Å². The van der Waals surface area contributed by atoms with Crippen LogP contribution in [0.4, 0.5) is 5.00 Å². The zero-order chi connectivity index (χ0) is 21.3. The molecule has 1 fully saturated rings. The monoisotopic (exact) mass is 577 g/mol. The van der Waals surface area contributed by atoms with Crippen molar-refractivity contribution >= 4 is 58.0 Å². The molecular weight excluding hydrogens is 541 g/mol. The first-order valence-electron chi connectivity index (χ1n) is 10.8. The number of piperidine rings is 1. The smallest absolute Gasteiger partial charge is 0.191 e. The van der Waals surface area contributed by atoms with Crippen LogP contribution in [0.2, 0.25) is 0 Å². The molecule has 0 saturated carbocycles. The van der Waals surface area contributed by atoms with Gasteiger partial charge in [0.05, 0.1) is 5.00 Å². The second kappa shape index (κ2) is 13.5. The van der Waals surface area contributed by atoms with Crippen LogP contribution in [0.25, 0.3) is 0 Å².